The summed E-state index contributed by atoms with van der Waals surface area (Å²) in [7, 11) is 0. The van der Waals surface area contributed by atoms with Gasteiger partial charge in [-0.25, -0.2) is 4.39 Å². The van der Waals surface area contributed by atoms with E-state index in [1.807, 2.05) is 11.0 Å². The normalized spacial score (nSPS) is 16.5. The van der Waals surface area contributed by atoms with Crippen molar-refractivity contribution in [2.24, 2.45) is 10.7 Å². The number of nitrogens with zero attached hydrogens (tertiary/aromatic N) is 2. The number of guanidine groups is 1. The van der Waals surface area contributed by atoms with Crippen LogP contribution in [0, 0.1) is 5.82 Å². The van der Waals surface area contributed by atoms with Crippen molar-refractivity contribution in [2.75, 3.05) is 32.8 Å². The summed E-state index contributed by atoms with van der Waals surface area (Å²) < 4.78 is 19.6. The second-order valence-electron chi connectivity index (χ2n) is 4.68. The minimum atomic E-state index is -0.176. The summed E-state index contributed by atoms with van der Waals surface area (Å²) in [4.78, 5) is 6.36. The van der Waals surface area contributed by atoms with Crippen molar-refractivity contribution in [3.63, 3.8) is 0 Å². The van der Waals surface area contributed by atoms with Gasteiger partial charge in [-0.3, -0.25) is 4.99 Å². The third-order valence-corrected chi connectivity index (χ3v) is 3.72. The smallest absolute Gasteiger partial charge is 0.191 e. The van der Waals surface area contributed by atoms with E-state index in [-0.39, 0.29) is 5.82 Å². The van der Waals surface area contributed by atoms with Gasteiger partial charge in [0.15, 0.2) is 5.96 Å². The zero-order valence-electron chi connectivity index (χ0n) is 11.3. The second-order valence-corrected chi connectivity index (χ2v) is 5.59. The molecule has 1 aliphatic heterocycles. The highest BCUT2D eigenvalue weighted by molar-refractivity contribution is 9.10. The van der Waals surface area contributed by atoms with Crippen LogP contribution in [0.3, 0.4) is 0 Å². The summed E-state index contributed by atoms with van der Waals surface area (Å²) >= 11 is 3.25. The van der Waals surface area contributed by atoms with Crippen molar-refractivity contribution in [1.29, 1.82) is 0 Å². The number of ether oxygens (including phenoxy) is 1. The summed E-state index contributed by atoms with van der Waals surface area (Å²) in [5.74, 6) is 0.383. The van der Waals surface area contributed by atoms with Crippen LogP contribution in [0.25, 0.3) is 0 Å². The van der Waals surface area contributed by atoms with Crippen LogP contribution in [0.4, 0.5) is 4.39 Å². The van der Waals surface area contributed by atoms with E-state index in [1.54, 1.807) is 6.07 Å². The zero-order valence-corrected chi connectivity index (χ0v) is 12.9. The van der Waals surface area contributed by atoms with Gasteiger partial charge in [0.2, 0.25) is 0 Å². The van der Waals surface area contributed by atoms with Gasteiger partial charge in [0.25, 0.3) is 0 Å². The summed E-state index contributed by atoms with van der Waals surface area (Å²) in [5, 5.41) is 0. The van der Waals surface area contributed by atoms with E-state index in [2.05, 4.69) is 20.9 Å². The largest absolute Gasteiger partial charge is 0.378 e. The molecule has 1 saturated heterocycles. The lowest BCUT2D eigenvalue weighted by atomic mass is 10.1. The van der Waals surface area contributed by atoms with Gasteiger partial charge < -0.3 is 15.4 Å². The molecule has 110 valence electrons. The monoisotopic (exact) mass is 343 g/mol. The van der Waals surface area contributed by atoms with Crippen LogP contribution < -0.4 is 5.73 Å². The van der Waals surface area contributed by atoms with Crippen LogP contribution >= 0.6 is 15.9 Å². The maximum absolute atomic E-state index is 13.6. The third-order valence-electron chi connectivity index (χ3n) is 3.23. The molecule has 1 heterocycles. The van der Waals surface area contributed by atoms with Gasteiger partial charge in [-0.05, 0) is 30.5 Å². The molecule has 0 aliphatic carbocycles. The number of halogens is 2. The molecule has 2 rings (SSSR count). The molecular formula is C14H19BrFN3O. The van der Waals surface area contributed by atoms with E-state index in [0.29, 0.717) is 37.7 Å². The Bertz CT molecular complexity index is 475. The van der Waals surface area contributed by atoms with E-state index < -0.39 is 0 Å². The Morgan fingerprint density at radius 1 is 1.40 bits per heavy atom. The number of morpholine rings is 1. The molecule has 0 spiro atoms. The van der Waals surface area contributed by atoms with E-state index in [9.17, 15) is 4.39 Å². The molecule has 0 unspecified atom stereocenters. The molecule has 0 amide bonds. The highest BCUT2D eigenvalue weighted by Crippen LogP contribution is 2.16. The van der Waals surface area contributed by atoms with Crippen LogP contribution in [0.1, 0.15) is 12.0 Å². The maximum atomic E-state index is 13.6. The molecule has 0 aromatic heterocycles. The molecule has 4 nitrogen and oxygen atoms in total. The van der Waals surface area contributed by atoms with Crippen molar-refractivity contribution in [3.05, 3.63) is 34.1 Å². The lowest BCUT2D eigenvalue weighted by molar-refractivity contribution is 0.0674. The lowest BCUT2D eigenvalue weighted by Gasteiger charge is -2.27. The first-order valence-electron chi connectivity index (χ1n) is 6.73. The number of rotatable bonds is 4. The molecule has 2 N–H and O–H groups in total. The fourth-order valence-corrected chi connectivity index (χ4v) is 2.41. The van der Waals surface area contributed by atoms with E-state index in [1.165, 1.54) is 6.07 Å². The zero-order chi connectivity index (χ0) is 14.4. The second kappa shape index (κ2) is 7.59. The Labute approximate surface area is 126 Å². The van der Waals surface area contributed by atoms with Gasteiger partial charge in [0, 0.05) is 24.1 Å². The highest BCUT2D eigenvalue weighted by atomic mass is 79.9. The molecule has 1 aliphatic rings. The SMILES string of the molecule is NC(=NCCCc1ccc(Br)cc1F)N1CCOCC1. The fourth-order valence-electron chi connectivity index (χ4n) is 2.08. The Morgan fingerprint density at radius 2 is 2.15 bits per heavy atom. The van der Waals surface area contributed by atoms with Gasteiger partial charge >= 0.3 is 0 Å². The van der Waals surface area contributed by atoms with Crippen LogP contribution in [0.15, 0.2) is 27.7 Å². The van der Waals surface area contributed by atoms with Crippen LogP contribution in [-0.4, -0.2) is 43.7 Å². The van der Waals surface area contributed by atoms with Crippen molar-refractivity contribution >= 4 is 21.9 Å². The molecule has 1 aromatic rings. The average molecular weight is 344 g/mol. The first kappa shape index (κ1) is 15.3. The minimum Gasteiger partial charge on any atom is -0.378 e. The van der Waals surface area contributed by atoms with Crippen LogP contribution in [-0.2, 0) is 11.2 Å². The van der Waals surface area contributed by atoms with Gasteiger partial charge in [0.05, 0.1) is 13.2 Å². The summed E-state index contributed by atoms with van der Waals surface area (Å²) in [6.07, 6.45) is 1.45. The Hall–Kier alpha value is -1.14. The highest BCUT2D eigenvalue weighted by Gasteiger charge is 2.11. The van der Waals surface area contributed by atoms with Crippen molar-refractivity contribution in [2.45, 2.75) is 12.8 Å². The number of hydrogen-bond acceptors (Lipinski definition) is 2. The molecule has 0 bridgehead atoms. The standard InChI is InChI=1S/C14H19BrFN3O/c15-12-4-3-11(13(16)10-12)2-1-5-18-14(17)19-6-8-20-9-7-19/h3-4,10H,1-2,5-9H2,(H2,17,18). The van der Waals surface area contributed by atoms with Crippen LogP contribution in [0.2, 0.25) is 0 Å². The Morgan fingerprint density at radius 3 is 2.85 bits per heavy atom. The fraction of sp³-hybridized carbons (Fsp3) is 0.500. The van der Waals surface area contributed by atoms with Crippen LogP contribution in [0.5, 0.6) is 0 Å². The van der Waals surface area contributed by atoms with Gasteiger partial charge in [-0.15, -0.1) is 0 Å². The number of aryl methyl sites for hydroxylation is 1. The first-order valence-corrected chi connectivity index (χ1v) is 7.52. The van der Waals surface area contributed by atoms with Gasteiger partial charge in [0.1, 0.15) is 5.82 Å². The maximum Gasteiger partial charge on any atom is 0.191 e. The number of aliphatic imine (C=N–C) groups is 1. The van der Waals surface area contributed by atoms with E-state index >= 15 is 0 Å². The summed E-state index contributed by atoms with van der Waals surface area (Å²) in [6.45, 7) is 3.58. The minimum absolute atomic E-state index is 0.176. The number of nitrogens with two attached hydrogens (primary N) is 1. The van der Waals surface area contributed by atoms with Gasteiger partial charge in [-0.1, -0.05) is 22.0 Å². The number of benzene rings is 1. The van der Waals surface area contributed by atoms with Crippen molar-refractivity contribution in [3.8, 4) is 0 Å². The molecular weight excluding hydrogens is 325 g/mol. The third kappa shape index (κ3) is 4.45. The molecule has 1 fully saturated rings. The molecule has 1 aromatic carbocycles. The topological polar surface area (TPSA) is 50.8 Å². The molecule has 0 saturated carbocycles. The molecule has 20 heavy (non-hydrogen) atoms. The molecule has 0 radical (unpaired) electrons. The van der Waals surface area contributed by atoms with Crippen molar-refractivity contribution < 1.29 is 9.13 Å². The predicted octanol–water partition coefficient (Wildman–Crippen LogP) is 2.17. The summed E-state index contributed by atoms with van der Waals surface area (Å²) in [5.41, 5.74) is 6.63. The van der Waals surface area contributed by atoms with E-state index in [0.717, 1.165) is 24.0 Å². The average Bonchev–Trinajstić information content (AvgIpc) is 2.46. The number of hydrogen-bond donors (Lipinski definition) is 1. The lowest BCUT2D eigenvalue weighted by Crippen LogP contribution is -2.44. The first-order chi connectivity index (χ1) is 9.66. The van der Waals surface area contributed by atoms with Crippen molar-refractivity contribution in [1.82, 2.24) is 4.90 Å². The van der Waals surface area contributed by atoms with Gasteiger partial charge in [-0.2, -0.15) is 0 Å². The molecule has 0 atom stereocenters. The Kier molecular flexibility index (Phi) is 5.79. The molecule has 6 heteroatoms. The van der Waals surface area contributed by atoms with E-state index in [4.69, 9.17) is 10.5 Å². The quantitative estimate of drug-likeness (QED) is 0.517. The Balaban J connectivity index is 1.77. The summed E-state index contributed by atoms with van der Waals surface area (Å²) in [6, 6.07) is 5.14. The predicted molar refractivity (Wildman–Crippen MR) is 81.3 cm³/mol.